The van der Waals surface area contributed by atoms with Crippen LogP contribution in [0.3, 0.4) is 0 Å². The Bertz CT molecular complexity index is 5030. The SMILES string of the molecule is CC(=O)OCC1OC(O)C(C)C(OC(C)=O)C1OC(C)=O.CCCSc1ccc2c(c1)CC(NC(=O)OC)=N2.CCCSc1ccc2c(c1)CC(NC(=O)OC1OC(CO)C(O)C(O)C1O)=N2.CCCSc1ccc2c(c1)CC(NC(=O)OC1OC(COC(C)=O)C(OC(C)=O)C(OC(C)=O)C1C)=N2.CCCSc1ccc2c(c1)CC(NC(=O)OC1OC(COC(C)=O)C(OC(C)=O)C(OC(C)=O)C1C)=N2.[2H]CF. The monoisotopic (exact) mass is 2090 g/mol. The van der Waals surface area contributed by atoms with Crippen molar-refractivity contribution in [1.29, 1.82) is 0 Å². The van der Waals surface area contributed by atoms with Crippen LogP contribution in [-0.4, -0.2) is 295 Å². The number of hydrogen-bond acceptors (Lipinski definition) is 43. The molecule has 20 atom stereocenters. The molecule has 9 N–H and O–H groups in total. The number of aliphatic hydroxyl groups excluding tert-OH is 5. The Morgan fingerprint density at radius 3 is 0.888 bits per heavy atom. The maximum absolute atomic E-state index is 12.8. The number of carbonyl (C=O) groups is 13. The Balaban J connectivity index is 0.000000248. The number of ether oxygens (including phenoxy) is 17. The predicted molar refractivity (Wildman–Crippen MR) is 517 cm³/mol. The zero-order valence-corrected chi connectivity index (χ0v) is 85.5. The number of alkyl carbamates (subject to hydrolysis) is 4. The van der Waals surface area contributed by atoms with Crippen LogP contribution in [0.5, 0.6) is 0 Å². The Hall–Kier alpha value is -11.2. The van der Waals surface area contributed by atoms with E-state index in [1.807, 2.05) is 60.3 Å². The number of benzene rings is 4. The average Bonchev–Trinajstić information content (AvgIpc) is 1.10. The molecule has 8 aliphatic heterocycles. The minimum absolute atomic E-state index is 0.227. The highest BCUT2D eigenvalue weighted by atomic mass is 32.2. The van der Waals surface area contributed by atoms with E-state index in [2.05, 4.69) is 97.9 Å². The van der Waals surface area contributed by atoms with Gasteiger partial charge in [-0.05, 0) is 144 Å². The van der Waals surface area contributed by atoms with Crippen LogP contribution in [0, 0.1) is 17.8 Å². The molecule has 48 heteroatoms. The van der Waals surface area contributed by atoms with E-state index in [-0.39, 0.29) is 19.8 Å². The van der Waals surface area contributed by atoms with Gasteiger partial charge in [0.25, 0.3) is 0 Å². The number of hydrogen-bond donors (Lipinski definition) is 9. The minimum atomic E-state index is -1.65. The number of aliphatic imine (C=N–C) groups is 4. The van der Waals surface area contributed by atoms with Crippen LogP contribution in [0.15, 0.2) is 112 Å². The zero-order chi connectivity index (χ0) is 106. The maximum Gasteiger partial charge on any atom is 0.414 e. The summed E-state index contributed by atoms with van der Waals surface area (Å²) < 4.78 is 105. The quantitative estimate of drug-likeness (QED) is 0.0145. The van der Waals surface area contributed by atoms with Crippen molar-refractivity contribution in [3.63, 3.8) is 0 Å². The summed E-state index contributed by atoms with van der Waals surface area (Å²) in [7, 11) is 0.345. The van der Waals surface area contributed by atoms with Crippen molar-refractivity contribution in [1.82, 2.24) is 21.3 Å². The molecule has 4 fully saturated rings. The first-order valence-corrected chi connectivity index (χ1v) is 49.7. The number of halogens is 1. The van der Waals surface area contributed by atoms with E-state index in [1.54, 1.807) is 56.1 Å². The topological polar surface area (TPSA) is 578 Å². The zero-order valence-electron chi connectivity index (χ0n) is 83.3. The van der Waals surface area contributed by atoms with Gasteiger partial charge in [-0.15, -0.1) is 47.0 Å². The number of carbonyl (C=O) groups excluding carboxylic acids is 13. The van der Waals surface area contributed by atoms with Crippen LogP contribution in [0.1, 0.15) is 160 Å². The van der Waals surface area contributed by atoms with Gasteiger partial charge in [0.15, 0.2) is 24.6 Å². The molecule has 20 unspecified atom stereocenters. The van der Waals surface area contributed by atoms with E-state index in [0.717, 1.165) is 108 Å². The molecule has 43 nitrogen and oxygen atoms in total. The van der Waals surface area contributed by atoms with E-state index in [9.17, 15) is 87.1 Å². The smallest absolute Gasteiger partial charge is 0.414 e. The second-order valence-electron chi connectivity index (χ2n) is 33.0. The lowest BCUT2D eigenvalue weighted by Gasteiger charge is -2.43. The van der Waals surface area contributed by atoms with Crippen LogP contribution < -0.4 is 21.3 Å². The highest BCUT2D eigenvalue weighted by Crippen LogP contribution is 2.40. The van der Waals surface area contributed by atoms with Gasteiger partial charge in [-0.3, -0.25) is 68.8 Å². The van der Waals surface area contributed by atoms with Crippen LogP contribution in [0.2, 0.25) is 0 Å². The van der Waals surface area contributed by atoms with E-state index >= 15 is 0 Å². The molecule has 12 rings (SSSR count). The molecule has 788 valence electrons. The summed E-state index contributed by atoms with van der Waals surface area (Å²) in [4.78, 5) is 174. The molecule has 4 saturated heterocycles. The third kappa shape index (κ3) is 37.8. The molecule has 4 amide bonds. The van der Waals surface area contributed by atoms with Gasteiger partial charge in [0, 0.05) is 113 Å². The second kappa shape index (κ2) is 59.3. The van der Waals surface area contributed by atoms with Crippen LogP contribution in [0.4, 0.5) is 46.3 Å². The second-order valence-corrected chi connectivity index (χ2v) is 37.7. The van der Waals surface area contributed by atoms with Gasteiger partial charge in [-0.2, -0.15) is 0 Å². The number of amides is 4. The van der Waals surface area contributed by atoms with Crippen LogP contribution >= 0.6 is 47.0 Å². The standard InChI is InChI=1S/2C25H32N2O9S.C18H24N2O7S.C13H16N2O2S.C13H20O8.CH3F/c2*1-6-9-37-18-7-8-19-17(10-18)11-21(26-19)27-25(31)36-24-13(2)22(33-15(4)29)23(34-16(5)30)20(35-24)12-32-14(3)28;1-2-5-28-10-3-4-11-9(6-10)7-13(19-11)20-18(25)27-17-16(24)15(23)14(22)12(8-21)26-17;1-3-6-18-10-4-5-11-9(7-10)8-12(14-11)15-13(16)17-2;1-6-11(19-8(3)15)12(20-9(4)16)10(21-13(6)17)5-18-7(2)14;1-2/h2*7-8,10,13,20,22-24H,6,9,11-12H2,1-5H3,(H,26,27,31);3-4,6,12,14-17,21-24H,2,5,7-8H2,1H3,(H,19,20,25);4-5,7H,3,6,8H2,1-2H3,(H,14,15,16);6,10-13,17H,5H2,1-4H3;1H3/i;;;;;1D. The Labute approximate surface area is 844 Å². The Morgan fingerprint density at radius 2 is 0.622 bits per heavy atom. The number of alkyl halides is 1. The minimum Gasteiger partial charge on any atom is -0.463 e. The van der Waals surface area contributed by atoms with Crippen LogP contribution in [0.25, 0.3) is 0 Å². The molecule has 8 heterocycles. The predicted octanol–water partition coefficient (Wildman–Crippen LogP) is 10.4. The van der Waals surface area contributed by atoms with Gasteiger partial charge in [0.1, 0.15) is 104 Å². The number of amidine groups is 4. The van der Waals surface area contributed by atoms with Crippen molar-refractivity contribution >= 4 is 171 Å². The van der Waals surface area contributed by atoms with Crippen molar-refractivity contribution in [3.05, 3.63) is 95.1 Å². The number of thioether (sulfide) groups is 4. The van der Waals surface area contributed by atoms with Crippen molar-refractivity contribution in [2.24, 2.45) is 37.7 Å². The summed E-state index contributed by atoms with van der Waals surface area (Å²) in [5, 5.41) is 58.8. The lowest BCUT2D eigenvalue weighted by molar-refractivity contribution is -0.284. The van der Waals surface area contributed by atoms with Gasteiger partial charge < -0.3 is 106 Å². The summed E-state index contributed by atoms with van der Waals surface area (Å²) >= 11 is 7.12. The van der Waals surface area contributed by atoms with Gasteiger partial charge in [0.2, 0.25) is 18.9 Å². The summed E-state index contributed by atoms with van der Waals surface area (Å²) in [6, 6.07) is 24.1. The molecule has 0 aliphatic carbocycles. The number of nitrogens with zero attached hydrogens (tertiary/aromatic N) is 4. The molecule has 143 heavy (non-hydrogen) atoms. The number of esters is 9. The molecular formula is C95H127FN8O35S4. The van der Waals surface area contributed by atoms with Crippen molar-refractivity contribution in [2.75, 3.05) is 63.7 Å². The first-order chi connectivity index (χ1) is 68.4. The maximum atomic E-state index is 12.8. The fourth-order valence-electron chi connectivity index (χ4n) is 14.8. The fourth-order valence-corrected chi connectivity index (χ4v) is 18.2. The van der Waals surface area contributed by atoms with E-state index in [0.29, 0.717) is 49.0 Å². The first-order valence-electron chi connectivity index (χ1n) is 46.5. The van der Waals surface area contributed by atoms with Crippen LogP contribution in [-0.2, 0) is 149 Å². The number of fused-ring (bicyclic) bond motifs is 4. The largest absolute Gasteiger partial charge is 0.463 e. The average molecular weight is 2090 g/mol. The Kier molecular flexibility index (Phi) is 48.6. The number of rotatable bonds is 28. The summed E-state index contributed by atoms with van der Waals surface area (Å²) in [6.45, 7) is 22.8. The fraction of sp³-hybridized carbons (Fsp3) is 0.568. The van der Waals surface area contributed by atoms with Gasteiger partial charge in [-0.25, -0.2) is 39.1 Å². The molecule has 0 saturated carbocycles. The van der Waals surface area contributed by atoms with E-state index in [1.165, 1.54) is 74.3 Å². The molecule has 0 bridgehead atoms. The van der Waals surface area contributed by atoms with Crippen molar-refractivity contribution in [3.8, 4) is 0 Å². The molecule has 4 aromatic rings. The summed E-state index contributed by atoms with van der Waals surface area (Å²) in [5.74, 6) is -1.40. The molecule has 8 aliphatic rings. The Morgan fingerprint density at radius 1 is 0.364 bits per heavy atom. The first kappa shape index (κ1) is 117. The van der Waals surface area contributed by atoms with Gasteiger partial charge >= 0.3 is 78.1 Å². The third-order valence-electron chi connectivity index (χ3n) is 21.3. The lowest BCUT2D eigenvalue weighted by Crippen LogP contribution is -2.60. The number of methoxy groups -OCH3 is 1. The molecular weight excluding hydrogens is 1960 g/mol. The molecule has 0 spiro atoms. The molecule has 0 aromatic heterocycles. The number of nitrogens with one attached hydrogen (secondary N) is 4. The lowest BCUT2D eigenvalue weighted by atomic mass is 9.92. The normalized spacial score (nSPS) is 24.8. The van der Waals surface area contributed by atoms with E-state index in [4.69, 9.17) is 82.3 Å². The van der Waals surface area contributed by atoms with Gasteiger partial charge in [0.05, 0.1) is 56.8 Å². The summed E-state index contributed by atoms with van der Waals surface area (Å²) in [5.41, 5.74) is 7.40. The molecule has 0 radical (unpaired) electrons. The highest BCUT2D eigenvalue weighted by Gasteiger charge is 2.53. The number of aliphatic hydroxyl groups is 5. The van der Waals surface area contributed by atoms with E-state index < -0.39 is 214 Å². The summed E-state index contributed by atoms with van der Waals surface area (Å²) in [6.07, 6.45) is -16.8. The third-order valence-corrected chi connectivity index (χ3v) is 26.1. The van der Waals surface area contributed by atoms with Crippen molar-refractivity contribution in [2.45, 2.75) is 286 Å². The van der Waals surface area contributed by atoms with Gasteiger partial charge in [-0.1, -0.05) is 48.5 Å². The van der Waals surface area contributed by atoms with Crippen molar-refractivity contribution < 1.29 is 174 Å². The highest BCUT2D eigenvalue weighted by molar-refractivity contribution is 8.00. The molecule has 4 aromatic carbocycles.